The first-order valence-corrected chi connectivity index (χ1v) is 5.62. The molecule has 2 atom stereocenters. The highest BCUT2D eigenvalue weighted by Crippen LogP contribution is 2.22. The maximum atomic E-state index is 12.2. The lowest BCUT2D eigenvalue weighted by Crippen LogP contribution is -2.69. The second-order valence-electron chi connectivity index (χ2n) is 4.73. The second kappa shape index (κ2) is 4.28. The van der Waals surface area contributed by atoms with E-state index in [1.54, 1.807) is 24.8 Å². The van der Waals surface area contributed by atoms with Crippen molar-refractivity contribution in [2.75, 3.05) is 0 Å². The van der Waals surface area contributed by atoms with Crippen molar-refractivity contribution in [1.82, 2.24) is 10.2 Å². The summed E-state index contributed by atoms with van der Waals surface area (Å²) >= 11 is 0. The van der Waals surface area contributed by atoms with Gasteiger partial charge in [-0.1, -0.05) is 13.0 Å². The molecule has 1 N–H and O–H groups in total. The molecule has 2 unspecified atom stereocenters. The molecule has 0 spiro atoms. The summed E-state index contributed by atoms with van der Waals surface area (Å²) in [5, 5.41) is 2.75. The Balaban J connectivity index is 3.10. The van der Waals surface area contributed by atoms with Crippen LogP contribution in [0.4, 0.5) is 0 Å². The molecule has 1 fully saturated rings. The van der Waals surface area contributed by atoms with Gasteiger partial charge in [-0.3, -0.25) is 9.59 Å². The van der Waals surface area contributed by atoms with Crippen LogP contribution in [0.25, 0.3) is 0 Å². The van der Waals surface area contributed by atoms with Crippen LogP contribution in [0.2, 0.25) is 0 Å². The third kappa shape index (κ3) is 1.96. The average Bonchev–Trinajstić information content (AvgIpc) is 2.21. The summed E-state index contributed by atoms with van der Waals surface area (Å²) in [6.07, 6.45) is 2.31. The predicted octanol–water partition coefficient (Wildman–Crippen LogP) is 1.08. The second-order valence-corrected chi connectivity index (χ2v) is 4.73. The van der Waals surface area contributed by atoms with Gasteiger partial charge in [0.15, 0.2) is 0 Å². The van der Waals surface area contributed by atoms with Crippen molar-refractivity contribution >= 4 is 11.8 Å². The largest absolute Gasteiger partial charge is 0.340 e. The highest BCUT2D eigenvalue weighted by atomic mass is 16.2. The zero-order valence-electron chi connectivity index (χ0n) is 10.4. The van der Waals surface area contributed by atoms with Crippen LogP contribution in [0.15, 0.2) is 12.7 Å². The van der Waals surface area contributed by atoms with E-state index in [9.17, 15) is 9.59 Å². The molecule has 1 saturated heterocycles. The molecule has 4 nitrogen and oxygen atoms in total. The number of hydrogen-bond acceptors (Lipinski definition) is 2. The Morgan fingerprint density at radius 2 is 2.12 bits per heavy atom. The molecule has 1 aliphatic heterocycles. The van der Waals surface area contributed by atoms with Crippen LogP contribution in [-0.2, 0) is 9.59 Å². The normalized spacial score (nSPS) is 26.2. The maximum Gasteiger partial charge on any atom is 0.248 e. The van der Waals surface area contributed by atoms with E-state index in [-0.39, 0.29) is 23.9 Å². The molecule has 0 saturated carbocycles. The van der Waals surface area contributed by atoms with Crippen LogP contribution in [-0.4, -0.2) is 34.3 Å². The van der Waals surface area contributed by atoms with Gasteiger partial charge in [0.2, 0.25) is 11.8 Å². The number of nitrogens with one attached hydrogen (secondary N) is 1. The zero-order chi connectivity index (χ0) is 12.5. The van der Waals surface area contributed by atoms with E-state index in [0.717, 1.165) is 0 Å². The van der Waals surface area contributed by atoms with Crippen molar-refractivity contribution < 1.29 is 9.59 Å². The van der Waals surface area contributed by atoms with Crippen LogP contribution >= 0.6 is 0 Å². The third-order valence-electron chi connectivity index (χ3n) is 3.01. The molecular formula is C12H20N2O2. The molecule has 4 heteroatoms. The monoisotopic (exact) mass is 224 g/mol. The summed E-state index contributed by atoms with van der Waals surface area (Å²) in [5.41, 5.74) is -0.819. The standard InChI is InChI=1S/C12H20N2O2/c1-6-8(3)14-9(7-2)10(15)13-12(4,5)11(14)16/h6,8-9H,1,7H2,2-5H3,(H,13,15). The van der Waals surface area contributed by atoms with E-state index in [1.807, 2.05) is 13.8 Å². The van der Waals surface area contributed by atoms with Crippen molar-refractivity contribution in [3.8, 4) is 0 Å². The van der Waals surface area contributed by atoms with Gasteiger partial charge in [-0.15, -0.1) is 6.58 Å². The summed E-state index contributed by atoms with van der Waals surface area (Å²) in [7, 11) is 0. The Labute approximate surface area is 96.7 Å². The van der Waals surface area contributed by atoms with Gasteiger partial charge in [0.25, 0.3) is 0 Å². The Morgan fingerprint density at radius 3 is 2.56 bits per heavy atom. The summed E-state index contributed by atoms with van der Waals surface area (Å²) in [4.78, 5) is 25.7. The number of carbonyl (C=O) groups excluding carboxylic acids is 2. The van der Waals surface area contributed by atoms with Crippen molar-refractivity contribution in [2.45, 2.75) is 51.7 Å². The lowest BCUT2D eigenvalue weighted by atomic mass is 9.94. The summed E-state index contributed by atoms with van der Waals surface area (Å²) in [5.74, 6) is -0.132. The van der Waals surface area contributed by atoms with Crippen LogP contribution in [0.1, 0.15) is 34.1 Å². The molecule has 0 aromatic heterocycles. The van der Waals surface area contributed by atoms with Gasteiger partial charge in [-0.2, -0.15) is 0 Å². The fraction of sp³-hybridized carbons (Fsp3) is 0.667. The Morgan fingerprint density at radius 1 is 1.56 bits per heavy atom. The molecule has 1 aliphatic rings. The van der Waals surface area contributed by atoms with Crippen LogP contribution < -0.4 is 5.32 Å². The highest BCUT2D eigenvalue weighted by molar-refractivity contribution is 5.99. The van der Waals surface area contributed by atoms with Crippen LogP contribution in [0.5, 0.6) is 0 Å². The van der Waals surface area contributed by atoms with E-state index in [2.05, 4.69) is 11.9 Å². The minimum Gasteiger partial charge on any atom is -0.340 e. The van der Waals surface area contributed by atoms with Crippen LogP contribution in [0, 0.1) is 0 Å². The fourth-order valence-corrected chi connectivity index (χ4v) is 2.00. The Bertz CT molecular complexity index is 323. The molecule has 90 valence electrons. The van der Waals surface area contributed by atoms with Gasteiger partial charge >= 0.3 is 0 Å². The number of nitrogens with zero attached hydrogens (tertiary/aromatic N) is 1. The first-order chi connectivity index (χ1) is 7.35. The highest BCUT2D eigenvalue weighted by Gasteiger charge is 2.45. The Kier molecular flexibility index (Phi) is 3.41. The molecule has 1 heterocycles. The molecule has 0 aromatic rings. The minimum absolute atomic E-state index is 0.0497. The molecule has 0 aliphatic carbocycles. The van der Waals surface area contributed by atoms with Crippen LogP contribution in [0.3, 0.4) is 0 Å². The Hall–Kier alpha value is -1.32. The van der Waals surface area contributed by atoms with E-state index >= 15 is 0 Å². The quantitative estimate of drug-likeness (QED) is 0.729. The summed E-state index contributed by atoms with van der Waals surface area (Å²) < 4.78 is 0. The van der Waals surface area contributed by atoms with Crippen molar-refractivity contribution in [1.29, 1.82) is 0 Å². The molecule has 0 radical (unpaired) electrons. The van der Waals surface area contributed by atoms with Crippen molar-refractivity contribution in [2.24, 2.45) is 0 Å². The van der Waals surface area contributed by atoms with E-state index in [1.165, 1.54) is 0 Å². The minimum atomic E-state index is -0.819. The molecule has 0 aromatic carbocycles. The SMILES string of the molecule is C=CC(C)N1C(=O)C(C)(C)NC(=O)C1CC. The van der Waals surface area contributed by atoms with Gasteiger partial charge in [-0.25, -0.2) is 0 Å². The number of rotatable bonds is 3. The lowest BCUT2D eigenvalue weighted by Gasteiger charge is -2.44. The van der Waals surface area contributed by atoms with Crippen molar-refractivity contribution in [3.63, 3.8) is 0 Å². The number of amides is 2. The van der Waals surface area contributed by atoms with Gasteiger partial charge in [-0.05, 0) is 27.2 Å². The molecule has 0 bridgehead atoms. The van der Waals surface area contributed by atoms with Gasteiger partial charge in [0.05, 0.1) is 0 Å². The smallest absolute Gasteiger partial charge is 0.248 e. The lowest BCUT2D eigenvalue weighted by molar-refractivity contribution is -0.155. The van der Waals surface area contributed by atoms with Gasteiger partial charge < -0.3 is 10.2 Å². The molecule has 16 heavy (non-hydrogen) atoms. The summed E-state index contributed by atoms with van der Waals surface area (Å²) in [6, 6.07) is -0.503. The maximum absolute atomic E-state index is 12.2. The fourth-order valence-electron chi connectivity index (χ4n) is 2.00. The topological polar surface area (TPSA) is 49.4 Å². The van der Waals surface area contributed by atoms with E-state index < -0.39 is 5.54 Å². The predicted molar refractivity (Wildman–Crippen MR) is 62.8 cm³/mol. The number of hydrogen-bond donors (Lipinski definition) is 1. The molecular weight excluding hydrogens is 204 g/mol. The number of piperazine rings is 1. The average molecular weight is 224 g/mol. The van der Waals surface area contributed by atoms with Gasteiger partial charge in [0.1, 0.15) is 11.6 Å². The summed E-state index contributed by atoms with van der Waals surface area (Å²) in [6.45, 7) is 10.9. The van der Waals surface area contributed by atoms with Gasteiger partial charge in [0, 0.05) is 6.04 Å². The van der Waals surface area contributed by atoms with Crippen molar-refractivity contribution in [3.05, 3.63) is 12.7 Å². The number of carbonyl (C=O) groups is 2. The first kappa shape index (κ1) is 12.7. The van der Waals surface area contributed by atoms with E-state index in [0.29, 0.717) is 6.42 Å². The zero-order valence-corrected chi connectivity index (χ0v) is 10.4. The molecule has 1 rings (SSSR count). The van der Waals surface area contributed by atoms with E-state index in [4.69, 9.17) is 0 Å². The third-order valence-corrected chi connectivity index (χ3v) is 3.01. The first-order valence-electron chi connectivity index (χ1n) is 5.62. The molecule has 2 amide bonds.